The van der Waals surface area contributed by atoms with E-state index < -0.39 is 59.1 Å². The zero-order valence-corrected chi connectivity index (χ0v) is 32.8. The summed E-state index contributed by atoms with van der Waals surface area (Å²) in [4.78, 5) is 45.0. The van der Waals surface area contributed by atoms with Gasteiger partial charge in [-0.3, -0.25) is 24.8 Å². The Bertz CT molecular complexity index is 2390. The van der Waals surface area contributed by atoms with E-state index in [-0.39, 0.29) is 35.1 Å². The normalized spacial score (nSPS) is 12.6. The number of rotatable bonds is 11. The number of nitrogens with two attached hydrogens (primary N) is 1. The number of anilines is 2. The molecule has 2 aromatic carbocycles. The van der Waals surface area contributed by atoms with Crippen LogP contribution in [0.5, 0.6) is 0 Å². The fourth-order valence-electron chi connectivity index (χ4n) is 5.51. The molecule has 6 N–H and O–H groups in total. The van der Waals surface area contributed by atoms with Crippen molar-refractivity contribution in [3.8, 4) is 0 Å². The van der Waals surface area contributed by atoms with Crippen molar-refractivity contribution in [2.24, 2.45) is 0 Å². The third-order valence-electron chi connectivity index (χ3n) is 8.40. The van der Waals surface area contributed by atoms with E-state index in [0.29, 0.717) is 12.6 Å². The molecule has 4 heterocycles. The standard InChI is InChI=1S/C21H17F3N6O.C20H23F3N4O3/c22-21(23,24)15-7-9-18-28-29-19(30(18)12-15)16(10-13-4-2-1-3-5-13)27-20(31)14-6-8-17(25)26-11-14;1-19(2,3)30-18(29)25-15(11-13-7-5-4-6-8-13)17(28)27-26-16-10-9-14(12-24-16)20(21,22)23/h1-9,11-12,16H,10H2,(H2,25,26)(H,27,31);4-10,12,15H,11H2,1-3H3,(H,24,26)(H,25,29)(H,27,28)/t16-;15-/m10/s1. The molecule has 6 aromatic rings. The van der Waals surface area contributed by atoms with Crippen LogP contribution in [0.3, 0.4) is 0 Å². The molecule has 0 radical (unpaired) electrons. The smallest absolute Gasteiger partial charge is 0.417 e. The van der Waals surface area contributed by atoms with Crippen LogP contribution in [0.25, 0.3) is 5.65 Å². The first-order valence-electron chi connectivity index (χ1n) is 18.4. The minimum absolute atomic E-state index is 0.00655. The summed E-state index contributed by atoms with van der Waals surface area (Å²) in [6.07, 6.45) is -6.43. The van der Waals surface area contributed by atoms with E-state index >= 15 is 0 Å². The Labute approximate surface area is 344 Å². The second-order valence-electron chi connectivity index (χ2n) is 14.3. The maximum absolute atomic E-state index is 13.2. The lowest BCUT2D eigenvalue weighted by molar-refractivity contribution is -0.138. The number of hydrogen-bond donors (Lipinski definition) is 5. The van der Waals surface area contributed by atoms with Gasteiger partial charge in [-0.25, -0.2) is 14.8 Å². The van der Waals surface area contributed by atoms with Gasteiger partial charge in [0.1, 0.15) is 23.3 Å². The summed E-state index contributed by atoms with van der Waals surface area (Å²) < 4.78 is 83.9. The van der Waals surface area contributed by atoms with Gasteiger partial charge in [-0.2, -0.15) is 26.3 Å². The number of alkyl carbamates (subject to hydrolysis) is 1. The quantitative estimate of drug-likeness (QED) is 0.0663. The number of nitrogens with zero attached hydrogens (tertiary/aromatic N) is 5. The molecule has 14 nitrogen and oxygen atoms in total. The first-order valence-corrected chi connectivity index (χ1v) is 18.4. The number of nitrogens with one attached hydrogen (secondary N) is 4. The Balaban J connectivity index is 0.000000231. The van der Waals surface area contributed by atoms with E-state index in [1.807, 2.05) is 36.4 Å². The largest absolute Gasteiger partial charge is 0.444 e. The van der Waals surface area contributed by atoms with Gasteiger partial charge in [0.25, 0.3) is 11.8 Å². The Hall–Kier alpha value is -7.25. The van der Waals surface area contributed by atoms with Gasteiger partial charge in [-0.15, -0.1) is 10.2 Å². The number of amides is 3. The predicted molar refractivity (Wildman–Crippen MR) is 211 cm³/mol. The summed E-state index contributed by atoms with van der Waals surface area (Å²) in [6.45, 7) is 5.07. The lowest BCUT2D eigenvalue weighted by atomic mass is 10.0. The molecule has 6 rings (SSSR count). The fourth-order valence-corrected chi connectivity index (χ4v) is 5.51. The second kappa shape index (κ2) is 19.2. The van der Waals surface area contributed by atoms with E-state index in [4.69, 9.17) is 10.5 Å². The lowest BCUT2D eigenvalue weighted by Gasteiger charge is -2.23. The average molecular weight is 851 g/mol. The topological polar surface area (TPSA) is 191 Å². The Kier molecular flexibility index (Phi) is 14.1. The van der Waals surface area contributed by atoms with Crippen LogP contribution in [0.4, 0.5) is 42.8 Å². The van der Waals surface area contributed by atoms with Gasteiger partial charge in [0, 0.05) is 25.0 Å². The third kappa shape index (κ3) is 13.4. The molecule has 3 amide bonds. The lowest BCUT2D eigenvalue weighted by Crippen LogP contribution is -2.50. The molecule has 0 aliphatic carbocycles. The SMILES string of the molecule is CC(C)(C)OC(=O)N[C@@H](Cc1ccccc1)C(=O)NNc1ccc(C(F)(F)F)cn1.Nc1ccc(C(=O)N[C@H](Cc2ccccc2)c2nnc3ccc(C(F)(F)F)cn23)cn1. The number of carbonyl (C=O) groups excluding carboxylic acids is 3. The van der Waals surface area contributed by atoms with Crippen molar-refractivity contribution < 1.29 is 45.5 Å². The fraction of sp³-hybridized carbons (Fsp3) is 0.244. The van der Waals surface area contributed by atoms with Crippen LogP contribution in [-0.2, 0) is 34.7 Å². The molecule has 20 heteroatoms. The molecule has 0 aliphatic rings. The average Bonchev–Trinajstić information content (AvgIpc) is 3.63. The van der Waals surface area contributed by atoms with Crippen LogP contribution in [-0.4, -0.2) is 54.1 Å². The Morgan fingerprint density at radius 3 is 1.90 bits per heavy atom. The van der Waals surface area contributed by atoms with E-state index in [2.05, 4.69) is 41.7 Å². The van der Waals surface area contributed by atoms with Crippen molar-refractivity contribution in [2.75, 3.05) is 11.2 Å². The van der Waals surface area contributed by atoms with Gasteiger partial charge in [0.15, 0.2) is 11.5 Å². The summed E-state index contributed by atoms with van der Waals surface area (Å²) in [5, 5.41) is 13.4. The maximum Gasteiger partial charge on any atom is 0.417 e. The van der Waals surface area contributed by atoms with Gasteiger partial charge >= 0.3 is 18.4 Å². The molecule has 0 saturated heterocycles. The molecule has 0 fully saturated rings. The number of alkyl halides is 6. The number of ether oxygens (including phenoxy) is 1. The molecule has 2 atom stereocenters. The number of pyridine rings is 3. The maximum atomic E-state index is 13.2. The van der Waals surface area contributed by atoms with Crippen LogP contribution in [0.15, 0.2) is 116 Å². The van der Waals surface area contributed by atoms with E-state index in [1.165, 1.54) is 28.8 Å². The highest BCUT2D eigenvalue weighted by molar-refractivity contribution is 5.94. The molecule has 4 aromatic heterocycles. The van der Waals surface area contributed by atoms with Crippen molar-refractivity contribution in [2.45, 2.75) is 63.7 Å². The summed E-state index contributed by atoms with van der Waals surface area (Å²) in [5.41, 5.74) is 10.0. The van der Waals surface area contributed by atoms with Crippen LogP contribution < -0.4 is 27.2 Å². The third-order valence-corrected chi connectivity index (χ3v) is 8.40. The van der Waals surface area contributed by atoms with Crippen LogP contribution in [0, 0.1) is 0 Å². The molecular weight excluding hydrogens is 811 g/mol. The summed E-state index contributed by atoms with van der Waals surface area (Å²) in [7, 11) is 0. The monoisotopic (exact) mass is 850 g/mol. The number of aromatic nitrogens is 5. The molecule has 320 valence electrons. The van der Waals surface area contributed by atoms with Gasteiger partial charge < -0.3 is 21.1 Å². The van der Waals surface area contributed by atoms with E-state index in [9.17, 15) is 40.7 Å². The summed E-state index contributed by atoms with van der Waals surface area (Å²) in [6, 6.07) is 23.6. The highest BCUT2D eigenvalue weighted by Gasteiger charge is 2.33. The van der Waals surface area contributed by atoms with Crippen LogP contribution in [0.2, 0.25) is 0 Å². The van der Waals surface area contributed by atoms with Crippen molar-refractivity contribution in [1.29, 1.82) is 0 Å². The Morgan fingerprint density at radius 2 is 1.34 bits per heavy atom. The number of fused-ring (bicyclic) bond motifs is 1. The van der Waals surface area contributed by atoms with Crippen LogP contribution >= 0.6 is 0 Å². The first kappa shape index (κ1) is 44.8. The molecular formula is C41H40F6N10O4. The van der Waals surface area contributed by atoms with Crippen molar-refractivity contribution in [3.05, 3.63) is 149 Å². The molecule has 0 spiro atoms. The zero-order valence-electron chi connectivity index (χ0n) is 32.8. The number of hydrazine groups is 1. The predicted octanol–water partition coefficient (Wildman–Crippen LogP) is 7.12. The van der Waals surface area contributed by atoms with Crippen molar-refractivity contribution in [3.63, 3.8) is 0 Å². The summed E-state index contributed by atoms with van der Waals surface area (Å²) in [5.74, 6) is -0.627. The molecule has 0 unspecified atom stereocenters. The molecule has 0 saturated carbocycles. The minimum atomic E-state index is -4.52. The highest BCUT2D eigenvalue weighted by Crippen LogP contribution is 2.31. The highest BCUT2D eigenvalue weighted by atomic mass is 19.4. The van der Waals surface area contributed by atoms with Gasteiger partial charge in [0.05, 0.1) is 22.7 Å². The zero-order chi connectivity index (χ0) is 44.4. The van der Waals surface area contributed by atoms with Gasteiger partial charge in [-0.1, -0.05) is 60.7 Å². The number of hydrogen-bond acceptors (Lipinski definition) is 10. The van der Waals surface area contributed by atoms with Gasteiger partial charge in [0.2, 0.25) is 0 Å². The minimum Gasteiger partial charge on any atom is -0.444 e. The summed E-state index contributed by atoms with van der Waals surface area (Å²) >= 11 is 0. The molecule has 0 bridgehead atoms. The second-order valence-corrected chi connectivity index (χ2v) is 14.3. The van der Waals surface area contributed by atoms with E-state index in [0.717, 1.165) is 35.5 Å². The first-order chi connectivity index (χ1) is 28.7. The number of nitrogen functional groups attached to an aromatic ring is 1. The van der Waals surface area contributed by atoms with E-state index in [1.54, 1.807) is 45.0 Å². The van der Waals surface area contributed by atoms with Crippen molar-refractivity contribution in [1.82, 2.24) is 40.6 Å². The molecule has 61 heavy (non-hydrogen) atoms. The number of halogens is 6. The van der Waals surface area contributed by atoms with Gasteiger partial charge in [-0.05, 0) is 74.7 Å². The van der Waals surface area contributed by atoms with Crippen molar-refractivity contribution >= 4 is 35.2 Å². The Morgan fingerprint density at radius 1 is 0.721 bits per heavy atom. The number of benzene rings is 2. The number of carbonyl (C=O) groups is 3. The molecule has 0 aliphatic heterocycles. The van der Waals surface area contributed by atoms with Crippen LogP contribution in [0.1, 0.15) is 65.2 Å².